The van der Waals surface area contributed by atoms with Gasteiger partial charge in [-0.25, -0.2) is 0 Å². The van der Waals surface area contributed by atoms with Crippen LogP contribution in [0.2, 0.25) is 0 Å². The molecule has 2 heterocycles. The van der Waals surface area contributed by atoms with Gasteiger partial charge < -0.3 is 9.64 Å². The molecule has 0 radical (unpaired) electrons. The standard InChI is InChI=1S/C23H29NO2S3/c1-4-26-16-11-12-18-17(14-16)20-21(28-29-22(20)27)23(2,3)24(18)19(25)13-10-15-8-6-5-7-9-15/h11-12,14-15H,4-10,13H2,1-3H3. The van der Waals surface area contributed by atoms with Crippen LogP contribution in [0.15, 0.2) is 18.2 Å². The molecule has 2 aromatic rings. The Hall–Kier alpha value is -1.24. The van der Waals surface area contributed by atoms with Crippen molar-refractivity contribution >= 4 is 44.5 Å². The van der Waals surface area contributed by atoms with Gasteiger partial charge in [0.1, 0.15) is 9.57 Å². The van der Waals surface area contributed by atoms with Crippen LogP contribution < -0.4 is 9.64 Å². The number of benzene rings is 1. The summed E-state index contributed by atoms with van der Waals surface area (Å²) in [5.41, 5.74) is 2.74. The minimum absolute atomic E-state index is 0.223. The molecule has 1 aromatic heterocycles. The van der Waals surface area contributed by atoms with Crippen LogP contribution in [0.4, 0.5) is 5.69 Å². The number of carbonyl (C=O) groups excluding carboxylic acids is 1. The second-order valence-corrected chi connectivity index (χ2v) is 11.4. The van der Waals surface area contributed by atoms with Crippen LogP contribution in [0.5, 0.6) is 5.75 Å². The van der Waals surface area contributed by atoms with Crippen LogP contribution in [0, 0.1) is 9.74 Å². The first-order chi connectivity index (χ1) is 13.9. The molecule has 1 aliphatic carbocycles. The summed E-state index contributed by atoms with van der Waals surface area (Å²) >= 11 is 5.68. The van der Waals surface area contributed by atoms with Crippen LogP contribution in [-0.4, -0.2) is 12.5 Å². The Morgan fingerprint density at radius 1 is 1.24 bits per heavy atom. The molecular weight excluding hydrogens is 418 g/mol. The Labute approximate surface area is 186 Å². The van der Waals surface area contributed by atoms with Crippen LogP contribution in [0.3, 0.4) is 0 Å². The lowest BCUT2D eigenvalue weighted by Gasteiger charge is -2.43. The quantitative estimate of drug-likeness (QED) is 0.350. The Kier molecular flexibility index (Phi) is 6.14. The summed E-state index contributed by atoms with van der Waals surface area (Å²) in [6.45, 7) is 6.91. The molecule has 0 bridgehead atoms. The summed E-state index contributed by atoms with van der Waals surface area (Å²) in [6, 6.07) is 6.08. The molecule has 0 atom stereocenters. The molecule has 2 aliphatic rings. The second-order valence-electron chi connectivity index (χ2n) is 8.60. The molecule has 29 heavy (non-hydrogen) atoms. The van der Waals surface area contributed by atoms with Crippen LogP contribution in [0.25, 0.3) is 11.1 Å². The fourth-order valence-corrected chi connectivity index (χ4v) is 8.11. The maximum absolute atomic E-state index is 13.5. The third kappa shape index (κ3) is 3.91. The zero-order chi connectivity index (χ0) is 20.6. The van der Waals surface area contributed by atoms with Crippen molar-refractivity contribution in [3.63, 3.8) is 0 Å². The maximum Gasteiger partial charge on any atom is 0.227 e. The Bertz CT molecular complexity index is 953. The fraction of sp³-hybridized carbons (Fsp3) is 0.565. The van der Waals surface area contributed by atoms with Crippen molar-refractivity contribution < 1.29 is 9.53 Å². The van der Waals surface area contributed by atoms with Gasteiger partial charge in [-0.15, -0.1) is 0 Å². The van der Waals surface area contributed by atoms with Gasteiger partial charge in [-0.1, -0.05) is 65.0 Å². The van der Waals surface area contributed by atoms with E-state index in [-0.39, 0.29) is 5.91 Å². The number of hydrogen-bond acceptors (Lipinski definition) is 5. The number of fused-ring (bicyclic) bond motifs is 3. The van der Waals surface area contributed by atoms with Crippen molar-refractivity contribution in [2.45, 2.75) is 71.3 Å². The number of amides is 1. The van der Waals surface area contributed by atoms with Crippen LogP contribution >= 0.6 is 32.9 Å². The van der Waals surface area contributed by atoms with E-state index in [1.165, 1.54) is 37.0 Å². The number of anilines is 1. The highest BCUT2D eigenvalue weighted by Gasteiger charge is 2.42. The molecule has 4 rings (SSSR count). The van der Waals surface area contributed by atoms with Crippen molar-refractivity contribution in [3.05, 3.63) is 26.9 Å². The van der Waals surface area contributed by atoms with E-state index in [4.69, 9.17) is 17.0 Å². The third-order valence-electron chi connectivity index (χ3n) is 6.28. The summed E-state index contributed by atoms with van der Waals surface area (Å²) in [5, 5.41) is 0. The molecule has 3 nitrogen and oxygen atoms in total. The SMILES string of the molecule is CCOc1ccc2c(c1)-c1c(ssc1=S)C(C)(C)N2C(=O)CCC1CCCCC1. The Balaban J connectivity index is 1.70. The van der Waals surface area contributed by atoms with Crippen molar-refractivity contribution in [2.75, 3.05) is 11.5 Å². The monoisotopic (exact) mass is 447 g/mol. The summed E-state index contributed by atoms with van der Waals surface area (Å²) in [4.78, 5) is 16.7. The van der Waals surface area contributed by atoms with Crippen molar-refractivity contribution in [2.24, 2.45) is 5.92 Å². The molecule has 6 heteroatoms. The Morgan fingerprint density at radius 2 is 2.00 bits per heavy atom. The molecular formula is C23H29NO2S3. The average molecular weight is 448 g/mol. The fourth-order valence-electron chi connectivity index (χ4n) is 4.83. The maximum atomic E-state index is 13.5. The summed E-state index contributed by atoms with van der Waals surface area (Å²) in [6.07, 6.45) is 8.17. The van der Waals surface area contributed by atoms with Crippen molar-refractivity contribution in [1.82, 2.24) is 0 Å². The molecule has 156 valence electrons. The van der Waals surface area contributed by atoms with E-state index in [2.05, 4.69) is 19.9 Å². The number of nitrogens with zero attached hydrogens (tertiary/aromatic N) is 1. The van der Waals surface area contributed by atoms with Gasteiger partial charge in [0.15, 0.2) is 0 Å². The zero-order valence-electron chi connectivity index (χ0n) is 17.5. The van der Waals surface area contributed by atoms with Gasteiger partial charge >= 0.3 is 0 Å². The predicted molar refractivity (Wildman–Crippen MR) is 126 cm³/mol. The van der Waals surface area contributed by atoms with Crippen LogP contribution in [0.1, 0.15) is 70.6 Å². The highest BCUT2D eigenvalue weighted by molar-refractivity contribution is 7.80. The number of hydrogen-bond donors (Lipinski definition) is 0. The minimum Gasteiger partial charge on any atom is -0.494 e. The van der Waals surface area contributed by atoms with Gasteiger partial charge in [0.25, 0.3) is 0 Å². The molecule has 0 saturated heterocycles. The topological polar surface area (TPSA) is 29.5 Å². The molecule has 1 saturated carbocycles. The van der Waals surface area contributed by atoms with Crippen molar-refractivity contribution in [1.29, 1.82) is 0 Å². The third-order valence-corrected chi connectivity index (χ3v) is 9.61. The van der Waals surface area contributed by atoms with Gasteiger partial charge in [0, 0.05) is 17.5 Å². The minimum atomic E-state index is -0.392. The van der Waals surface area contributed by atoms with E-state index >= 15 is 0 Å². The number of ether oxygens (including phenoxy) is 1. The summed E-state index contributed by atoms with van der Waals surface area (Å²) in [7, 11) is 3.34. The number of carbonyl (C=O) groups is 1. The molecule has 0 spiro atoms. The summed E-state index contributed by atoms with van der Waals surface area (Å²) in [5.74, 6) is 1.76. The van der Waals surface area contributed by atoms with Gasteiger partial charge in [-0.05, 0) is 51.3 Å². The average Bonchev–Trinajstić information content (AvgIpc) is 3.11. The molecule has 1 fully saturated rings. The predicted octanol–water partition coefficient (Wildman–Crippen LogP) is 7.55. The largest absolute Gasteiger partial charge is 0.494 e. The molecule has 0 N–H and O–H groups in total. The molecule has 1 aromatic carbocycles. The molecule has 1 amide bonds. The van der Waals surface area contributed by atoms with Gasteiger partial charge in [-0.3, -0.25) is 4.79 Å². The first-order valence-corrected chi connectivity index (χ1v) is 13.2. The van der Waals surface area contributed by atoms with E-state index in [9.17, 15) is 4.79 Å². The smallest absolute Gasteiger partial charge is 0.227 e. The van der Waals surface area contributed by atoms with Gasteiger partial charge in [0.05, 0.1) is 22.7 Å². The lowest BCUT2D eigenvalue weighted by atomic mass is 9.84. The first kappa shape index (κ1) is 21.0. The molecule has 0 unspecified atom stereocenters. The zero-order valence-corrected chi connectivity index (χ0v) is 19.9. The van der Waals surface area contributed by atoms with E-state index < -0.39 is 5.54 Å². The normalized spacial score (nSPS) is 18.2. The van der Waals surface area contributed by atoms with E-state index in [1.807, 2.05) is 24.0 Å². The van der Waals surface area contributed by atoms with E-state index in [0.717, 1.165) is 32.8 Å². The number of rotatable bonds is 5. The summed E-state index contributed by atoms with van der Waals surface area (Å²) < 4.78 is 6.65. The lowest BCUT2D eigenvalue weighted by Crippen LogP contribution is -2.47. The van der Waals surface area contributed by atoms with Gasteiger partial charge in [0.2, 0.25) is 5.91 Å². The highest BCUT2D eigenvalue weighted by atomic mass is 32.9. The van der Waals surface area contributed by atoms with Gasteiger partial charge in [-0.2, -0.15) is 0 Å². The second kappa shape index (κ2) is 8.48. The van der Waals surface area contributed by atoms with E-state index in [0.29, 0.717) is 18.9 Å². The molecule has 1 aliphatic heterocycles. The Morgan fingerprint density at radius 3 is 2.72 bits per heavy atom. The van der Waals surface area contributed by atoms with Crippen LogP contribution in [-0.2, 0) is 10.3 Å². The highest BCUT2D eigenvalue weighted by Crippen LogP contribution is 2.53. The lowest BCUT2D eigenvalue weighted by molar-refractivity contribution is -0.120. The first-order valence-electron chi connectivity index (χ1n) is 10.7. The van der Waals surface area contributed by atoms with E-state index in [1.54, 1.807) is 20.7 Å². The van der Waals surface area contributed by atoms with Crippen molar-refractivity contribution in [3.8, 4) is 16.9 Å².